The highest BCUT2D eigenvalue weighted by atomic mass is 35.5. The molecule has 0 atom stereocenters. The van der Waals surface area contributed by atoms with Crippen molar-refractivity contribution >= 4 is 44.9 Å². The number of rotatable bonds is 6. The monoisotopic (exact) mass is 405 g/mol. The third kappa shape index (κ3) is 4.09. The SMILES string of the molecule is COc1cc(OC)c(NS(=O)(=O)c2cc(C(=O)O)ccc2Cl)cc1Cl. The first-order valence-electron chi connectivity index (χ1n) is 6.66. The van der Waals surface area contributed by atoms with Gasteiger partial charge in [-0.15, -0.1) is 0 Å². The molecule has 2 aromatic rings. The summed E-state index contributed by atoms with van der Waals surface area (Å²) in [5.41, 5.74) is -0.172. The van der Waals surface area contributed by atoms with Gasteiger partial charge in [-0.3, -0.25) is 4.72 Å². The predicted molar refractivity (Wildman–Crippen MR) is 93.8 cm³/mol. The van der Waals surface area contributed by atoms with Crippen molar-refractivity contribution in [3.63, 3.8) is 0 Å². The van der Waals surface area contributed by atoms with Gasteiger partial charge in [0.25, 0.3) is 10.0 Å². The van der Waals surface area contributed by atoms with Gasteiger partial charge in [-0.05, 0) is 24.3 Å². The highest BCUT2D eigenvalue weighted by Gasteiger charge is 2.22. The zero-order chi connectivity index (χ0) is 18.8. The molecule has 10 heteroatoms. The fourth-order valence-electron chi connectivity index (χ4n) is 1.98. The van der Waals surface area contributed by atoms with E-state index in [0.29, 0.717) is 5.75 Å². The van der Waals surface area contributed by atoms with E-state index in [1.54, 1.807) is 0 Å². The van der Waals surface area contributed by atoms with Crippen LogP contribution in [0.5, 0.6) is 11.5 Å². The summed E-state index contributed by atoms with van der Waals surface area (Å²) >= 11 is 11.9. The largest absolute Gasteiger partial charge is 0.495 e. The molecule has 2 N–H and O–H groups in total. The second kappa shape index (κ2) is 7.38. The second-order valence-electron chi connectivity index (χ2n) is 4.74. The molecule has 25 heavy (non-hydrogen) atoms. The first-order valence-corrected chi connectivity index (χ1v) is 8.90. The molecule has 0 heterocycles. The highest BCUT2D eigenvalue weighted by Crippen LogP contribution is 2.37. The zero-order valence-corrected chi connectivity index (χ0v) is 15.4. The standard InChI is InChI=1S/C15H13Cl2NO6S/c1-23-12-7-13(24-2)11(6-10(12)17)18-25(21,22)14-5-8(15(19)20)3-4-9(14)16/h3-7,18H,1-2H3,(H,19,20). The third-order valence-corrected chi connectivity index (χ3v) is 5.33. The molecular weight excluding hydrogens is 393 g/mol. The Balaban J connectivity index is 2.51. The van der Waals surface area contributed by atoms with Crippen LogP contribution in [0.3, 0.4) is 0 Å². The summed E-state index contributed by atoms with van der Waals surface area (Å²) in [6.45, 7) is 0. The molecule has 0 radical (unpaired) electrons. The Hall–Kier alpha value is -2.16. The smallest absolute Gasteiger partial charge is 0.335 e. The average Bonchev–Trinajstić information content (AvgIpc) is 2.54. The van der Waals surface area contributed by atoms with Crippen LogP contribution in [0.4, 0.5) is 5.69 Å². The molecule has 2 aromatic carbocycles. The van der Waals surface area contributed by atoms with E-state index < -0.39 is 16.0 Å². The van der Waals surface area contributed by atoms with Gasteiger partial charge in [0.05, 0.1) is 35.5 Å². The number of hydrogen-bond acceptors (Lipinski definition) is 5. The fraction of sp³-hybridized carbons (Fsp3) is 0.133. The van der Waals surface area contributed by atoms with Crippen molar-refractivity contribution in [2.45, 2.75) is 4.90 Å². The topological polar surface area (TPSA) is 102 Å². The van der Waals surface area contributed by atoms with Crippen LogP contribution in [-0.2, 0) is 10.0 Å². The molecule has 0 unspecified atom stereocenters. The van der Waals surface area contributed by atoms with Crippen molar-refractivity contribution < 1.29 is 27.8 Å². The summed E-state index contributed by atoms with van der Waals surface area (Å²) in [4.78, 5) is 10.7. The maximum atomic E-state index is 12.6. The third-order valence-electron chi connectivity index (χ3n) is 3.19. The lowest BCUT2D eigenvalue weighted by Crippen LogP contribution is -2.15. The molecule has 0 spiro atoms. The Morgan fingerprint density at radius 1 is 1.04 bits per heavy atom. The van der Waals surface area contributed by atoms with Crippen molar-refractivity contribution in [3.8, 4) is 11.5 Å². The Bertz CT molecular complexity index is 930. The van der Waals surface area contributed by atoms with E-state index in [1.165, 1.54) is 38.5 Å². The number of carbonyl (C=O) groups is 1. The van der Waals surface area contributed by atoms with Gasteiger partial charge < -0.3 is 14.6 Å². The Morgan fingerprint density at radius 3 is 2.24 bits per heavy atom. The number of hydrogen-bond donors (Lipinski definition) is 2. The number of halogens is 2. The summed E-state index contributed by atoms with van der Waals surface area (Å²) in [5.74, 6) is -0.819. The molecule has 0 aliphatic heterocycles. The van der Waals surface area contributed by atoms with Gasteiger partial charge in [0.1, 0.15) is 16.4 Å². The van der Waals surface area contributed by atoms with Crippen molar-refractivity contribution in [1.82, 2.24) is 0 Å². The van der Waals surface area contributed by atoms with Gasteiger partial charge in [-0.2, -0.15) is 0 Å². The van der Waals surface area contributed by atoms with E-state index in [4.69, 9.17) is 37.8 Å². The van der Waals surface area contributed by atoms with Crippen LogP contribution >= 0.6 is 23.2 Å². The van der Waals surface area contributed by atoms with Gasteiger partial charge >= 0.3 is 5.97 Å². The number of carboxylic acids is 1. The van der Waals surface area contributed by atoms with Gasteiger partial charge in [0, 0.05) is 6.07 Å². The minimum Gasteiger partial charge on any atom is -0.495 e. The summed E-state index contributed by atoms with van der Waals surface area (Å²) in [6, 6.07) is 6.08. The van der Waals surface area contributed by atoms with E-state index in [9.17, 15) is 13.2 Å². The van der Waals surface area contributed by atoms with Crippen LogP contribution in [0.15, 0.2) is 35.2 Å². The van der Waals surface area contributed by atoms with Crippen LogP contribution in [-0.4, -0.2) is 33.7 Å². The summed E-state index contributed by atoms with van der Waals surface area (Å²) in [6.07, 6.45) is 0. The maximum Gasteiger partial charge on any atom is 0.335 e. The van der Waals surface area contributed by atoms with Crippen molar-refractivity contribution in [3.05, 3.63) is 45.9 Å². The molecule has 0 saturated heterocycles. The Labute approximate surface area is 154 Å². The molecule has 134 valence electrons. The molecule has 2 rings (SSSR count). The number of methoxy groups -OCH3 is 2. The van der Waals surface area contributed by atoms with E-state index in [0.717, 1.165) is 6.07 Å². The van der Waals surface area contributed by atoms with Gasteiger partial charge in [-0.25, -0.2) is 13.2 Å². The molecule has 0 bridgehead atoms. The van der Waals surface area contributed by atoms with Crippen LogP contribution in [0.25, 0.3) is 0 Å². The Kier molecular flexibility index (Phi) is 5.66. The molecule has 0 saturated carbocycles. The maximum absolute atomic E-state index is 12.6. The number of sulfonamides is 1. The number of carboxylic acid groups (broad SMARTS) is 1. The first kappa shape index (κ1) is 19.2. The number of nitrogens with one attached hydrogen (secondary N) is 1. The van der Waals surface area contributed by atoms with Crippen LogP contribution in [0.2, 0.25) is 10.0 Å². The van der Waals surface area contributed by atoms with Gasteiger partial charge in [-0.1, -0.05) is 23.2 Å². The highest BCUT2D eigenvalue weighted by molar-refractivity contribution is 7.92. The van der Waals surface area contributed by atoms with E-state index in [1.807, 2.05) is 0 Å². The van der Waals surface area contributed by atoms with Crippen LogP contribution in [0.1, 0.15) is 10.4 Å². The minimum absolute atomic E-state index is 0.0464. The molecule has 0 aliphatic rings. The normalized spacial score (nSPS) is 11.0. The molecule has 0 fully saturated rings. The summed E-state index contributed by atoms with van der Waals surface area (Å²) in [7, 11) is -1.44. The number of benzene rings is 2. The lowest BCUT2D eigenvalue weighted by molar-refractivity contribution is 0.0696. The molecule has 0 amide bonds. The van der Waals surface area contributed by atoms with Crippen LogP contribution in [0, 0.1) is 0 Å². The fourth-order valence-corrected chi connectivity index (χ4v) is 3.81. The van der Waals surface area contributed by atoms with Crippen molar-refractivity contribution in [1.29, 1.82) is 0 Å². The zero-order valence-electron chi connectivity index (χ0n) is 13.0. The minimum atomic E-state index is -4.19. The van der Waals surface area contributed by atoms with E-state index in [2.05, 4.69) is 4.72 Å². The lowest BCUT2D eigenvalue weighted by atomic mass is 10.2. The molecule has 7 nitrogen and oxygen atoms in total. The van der Waals surface area contributed by atoms with Crippen LogP contribution < -0.4 is 14.2 Å². The molecule has 0 aliphatic carbocycles. The summed E-state index contributed by atoms with van der Waals surface area (Å²) in [5, 5.41) is 9.05. The van der Waals surface area contributed by atoms with Gasteiger partial charge in [0.15, 0.2) is 0 Å². The summed E-state index contributed by atoms with van der Waals surface area (Å²) < 4.78 is 37.7. The van der Waals surface area contributed by atoms with Crippen molar-refractivity contribution in [2.75, 3.05) is 18.9 Å². The second-order valence-corrected chi connectivity index (χ2v) is 7.21. The predicted octanol–water partition coefficient (Wildman–Crippen LogP) is 3.51. The number of aromatic carboxylic acids is 1. The molecular formula is C15H13Cl2NO6S. The first-order chi connectivity index (χ1) is 11.7. The number of anilines is 1. The van der Waals surface area contributed by atoms with Gasteiger partial charge in [0.2, 0.25) is 0 Å². The number of ether oxygens (including phenoxy) is 2. The van der Waals surface area contributed by atoms with Crippen molar-refractivity contribution in [2.24, 2.45) is 0 Å². The molecule has 0 aromatic heterocycles. The quantitative estimate of drug-likeness (QED) is 0.761. The lowest BCUT2D eigenvalue weighted by Gasteiger charge is -2.15. The van der Waals surface area contributed by atoms with E-state index in [-0.39, 0.29) is 31.9 Å². The average molecular weight is 406 g/mol. The Morgan fingerprint density at radius 2 is 1.68 bits per heavy atom. The van der Waals surface area contributed by atoms with E-state index >= 15 is 0 Å².